The molecule has 8 heteroatoms. The highest BCUT2D eigenvalue weighted by Crippen LogP contribution is 2.25. The molecule has 8 nitrogen and oxygen atoms in total. The van der Waals surface area contributed by atoms with Gasteiger partial charge < -0.3 is 9.72 Å². The Morgan fingerprint density at radius 3 is 2.62 bits per heavy atom. The monoisotopic (exact) mass is 395 g/mol. The van der Waals surface area contributed by atoms with Gasteiger partial charge in [-0.05, 0) is 25.5 Å². The Bertz CT molecular complexity index is 1090. The van der Waals surface area contributed by atoms with E-state index in [0.29, 0.717) is 17.8 Å². The van der Waals surface area contributed by atoms with Gasteiger partial charge in [0.1, 0.15) is 0 Å². The Morgan fingerprint density at radius 1 is 1.21 bits per heavy atom. The first kappa shape index (κ1) is 20.3. The molecule has 0 spiro atoms. The largest absolute Gasteiger partial charge is 0.418 e. The van der Waals surface area contributed by atoms with E-state index in [4.69, 9.17) is 4.74 Å². The Morgan fingerprint density at radius 2 is 1.97 bits per heavy atom. The van der Waals surface area contributed by atoms with Crippen LogP contribution in [0.1, 0.15) is 44.6 Å². The standard InChI is InChI=1S/C21H25N5O3/c1-6-13-8-16(12(2)23-19(13)27)14-7-15(11-22-10-14)29-20(28)24-18-9-17(25-26-18)21(3,4)5/h7-11H,6H2,1-5H3,(H,23,27)(H2,24,25,26,28). The Labute approximate surface area is 168 Å². The molecule has 0 unspecified atom stereocenters. The van der Waals surface area contributed by atoms with Crippen LogP contribution in [0, 0.1) is 6.92 Å². The predicted molar refractivity (Wildman–Crippen MR) is 111 cm³/mol. The molecule has 0 fully saturated rings. The molecule has 29 heavy (non-hydrogen) atoms. The minimum Gasteiger partial charge on any atom is -0.408 e. The molecule has 3 aromatic heterocycles. The number of pyridine rings is 2. The smallest absolute Gasteiger partial charge is 0.408 e. The van der Waals surface area contributed by atoms with Crippen LogP contribution in [0.3, 0.4) is 0 Å². The van der Waals surface area contributed by atoms with Crippen LogP contribution in [0.4, 0.5) is 10.6 Å². The first-order valence-electron chi connectivity index (χ1n) is 9.40. The SMILES string of the molecule is CCc1cc(-c2cncc(OC(=O)Nc3cc(C(C)(C)C)[nH]n3)c2)c(C)[nH]c1=O. The molecule has 0 saturated heterocycles. The summed E-state index contributed by atoms with van der Waals surface area (Å²) in [7, 11) is 0. The molecule has 3 N–H and O–H groups in total. The van der Waals surface area contributed by atoms with Gasteiger partial charge in [-0.2, -0.15) is 5.10 Å². The van der Waals surface area contributed by atoms with E-state index >= 15 is 0 Å². The van der Waals surface area contributed by atoms with Crippen molar-refractivity contribution in [3.63, 3.8) is 0 Å². The Kier molecular flexibility index (Phi) is 5.54. The summed E-state index contributed by atoms with van der Waals surface area (Å²) in [6.45, 7) is 9.88. The van der Waals surface area contributed by atoms with E-state index < -0.39 is 6.09 Å². The molecular weight excluding hydrogens is 370 g/mol. The highest BCUT2D eigenvalue weighted by Gasteiger charge is 2.18. The predicted octanol–water partition coefficient (Wildman–Crippen LogP) is 3.94. The number of nitrogens with zero attached hydrogens (tertiary/aromatic N) is 2. The number of carbonyl (C=O) groups is 1. The number of aromatic amines is 2. The Balaban J connectivity index is 1.77. The van der Waals surface area contributed by atoms with Gasteiger partial charge in [0, 0.05) is 45.8 Å². The van der Waals surface area contributed by atoms with Crippen LogP contribution in [0.25, 0.3) is 11.1 Å². The molecule has 3 heterocycles. The van der Waals surface area contributed by atoms with Gasteiger partial charge in [-0.3, -0.25) is 20.2 Å². The number of carbonyl (C=O) groups excluding carboxylic acids is 1. The molecule has 1 amide bonds. The van der Waals surface area contributed by atoms with Gasteiger partial charge >= 0.3 is 6.09 Å². The number of hydrogen-bond donors (Lipinski definition) is 3. The van der Waals surface area contributed by atoms with Gasteiger partial charge in [0.05, 0.1) is 6.20 Å². The van der Waals surface area contributed by atoms with Crippen molar-refractivity contribution in [1.29, 1.82) is 0 Å². The van der Waals surface area contributed by atoms with Crippen LogP contribution >= 0.6 is 0 Å². The lowest BCUT2D eigenvalue weighted by molar-refractivity contribution is 0.215. The number of nitrogens with one attached hydrogen (secondary N) is 3. The average Bonchev–Trinajstić information content (AvgIpc) is 3.11. The van der Waals surface area contributed by atoms with Crippen molar-refractivity contribution in [1.82, 2.24) is 20.2 Å². The molecule has 3 aromatic rings. The zero-order valence-corrected chi connectivity index (χ0v) is 17.2. The number of ether oxygens (including phenoxy) is 1. The van der Waals surface area contributed by atoms with Crippen LogP contribution in [0.5, 0.6) is 5.75 Å². The molecule has 3 rings (SSSR count). The lowest BCUT2D eigenvalue weighted by Crippen LogP contribution is -2.17. The molecule has 0 atom stereocenters. The summed E-state index contributed by atoms with van der Waals surface area (Å²) < 4.78 is 5.36. The van der Waals surface area contributed by atoms with Gasteiger partial charge in [0.25, 0.3) is 5.56 Å². The van der Waals surface area contributed by atoms with Crippen LogP contribution in [-0.2, 0) is 11.8 Å². The molecular formula is C21H25N5O3. The number of H-pyrrole nitrogens is 2. The maximum Gasteiger partial charge on any atom is 0.418 e. The second kappa shape index (κ2) is 7.90. The maximum atomic E-state index is 12.2. The second-order valence-electron chi connectivity index (χ2n) is 7.86. The quantitative estimate of drug-likeness (QED) is 0.619. The minimum absolute atomic E-state index is 0.0953. The number of rotatable bonds is 4. The maximum absolute atomic E-state index is 12.2. The van der Waals surface area contributed by atoms with Crippen LogP contribution in [0.2, 0.25) is 0 Å². The first-order valence-corrected chi connectivity index (χ1v) is 9.40. The molecule has 0 aromatic carbocycles. The van der Waals surface area contributed by atoms with Crippen molar-refractivity contribution in [3.8, 4) is 16.9 Å². The number of amides is 1. The number of anilines is 1. The Hall–Kier alpha value is -3.42. The van der Waals surface area contributed by atoms with Crippen molar-refractivity contribution < 1.29 is 9.53 Å². The van der Waals surface area contributed by atoms with Crippen LogP contribution < -0.4 is 15.6 Å². The molecule has 0 radical (unpaired) electrons. The third-order valence-corrected chi connectivity index (χ3v) is 4.55. The third-order valence-electron chi connectivity index (χ3n) is 4.55. The van der Waals surface area contributed by atoms with Gasteiger partial charge in [-0.15, -0.1) is 0 Å². The summed E-state index contributed by atoms with van der Waals surface area (Å²) in [6, 6.07) is 5.32. The third kappa shape index (κ3) is 4.71. The normalized spacial score (nSPS) is 11.3. The summed E-state index contributed by atoms with van der Waals surface area (Å²) in [5.41, 5.74) is 3.68. The molecule has 0 aliphatic rings. The minimum atomic E-state index is -0.664. The zero-order chi connectivity index (χ0) is 21.2. The van der Waals surface area contributed by atoms with Gasteiger partial charge in [-0.25, -0.2) is 4.79 Å². The van der Waals surface area contributed by atoms with Gasteiger partial charge in [0.15, 0.2) is 11.6 Å². The van der Waals surface area contributed by atoms with Crippen molar-refractivity contribution in [2.45, 2.75) is 46.5 Å². The lowest BCUT2D eigenvalue weighted by atomic mass is 9.92. The fraction of sp³-hybridized carbons (Fsp3) is 0.333. The highest BCUT2D eigenvalue weighted by molar-refractivity contribution is 5.85. The van der Waals surface area contributed by atoms with E-state index in [-0.39, 0.29) is 16.7 Å². The first-order chi connectivity index (χ1) is 13.7. The molecule has 0 aliphatic heterocycles. The summed E-state index contributed by atoms with van der Waals surface area (Å²) >= 11 is 0. The fourth-order valence-electron chi connectivity index (χ4n) is 2.86. The average molecular weight is 395 g/mol. The number of aryl methyl sites for hydroxylation is 2. The summed E-state index contributed by atoms with van der Waals surface area (Å²) in [6.07, 6.45) is 3.07. The second-order valence-corrected chi connectivity index (χ2v) is 7.86. The van der Waals surface area contributed by atoms with Gasteiger partial charge in [0.2, 0.25) is 0 Å². The highest BCUT2D eigenvalue weighted by atomic mass is 16.6. The van der Waals surface area contributed by atoms with Gasteiger partial charge in [-0.1, -0.05) is 27.7 Å². The van der Waals surface area contributed by atoms with E-state index in [1.54, 1.807) is 18.3 Å². The number of hydrogen-bond acceptors (Lipinski definition) is 5. The summed E-state index contributed by atoms with van der Waals surface area (Å²) in [5.74, 6) is 0.670. The van der Waals surface area contributed by atoms with E-state index in [0.717, 1.165) is 22.5 Å². The summed E-state index contributed by atoms with van der Waals surface area (Å²) in [4.78, 5) is 31.2. The van der Waals surface area contributed by atoms with E-state index in [1.807, 2.05) is 40.7 Å². The zero-order valence-electron chi connectivity index (χ0n) is 17.2. The van der Waals surface area contributed by atoms with Crippen molar-refractivity contribution in [3.05, 3.63) is 57.9 Å². The molecule has 0 saturated carbocycles. The van der Waals surface area contributed by atoms with E-state index in [2.05, 4.69) is 25.5 Å². The van der Waals surface area contributed by atoms with E-state index in [1.165, 1.54) is 6.20 Å². The fourth-order valence-corrected chi connectivity index (χ4v) is 2.86. The number of aromatic nitrogens is 4. The van der Waals surface area contributed by atoms with Crippen molar-refractivity contribution in [2.75, 3.05) is 5.32 Å². The summed E-state index contributed by atoms with van der Waals surface area (Å²) in [5, 5.41) is 9.59. The van der Waals surface area contributed by atoms with Crippen molar-refractivity contribution in [2.24, 2.45) is 0 Å². The molecule has 0 bridgehead atoms. The van der Waals surface area contributed by atoms with Crippen LogP contribution in [-0.4, -0.2) is 26.3 Å². The topological polar surface area (TPSA) is 113 Å². The molecule has 152 valence electrons. The lowest BCUT2D eigenvalue weighted by Gasteiger charge is -2.14. The van der Waals surface area contributed by atoms with Crippen molar-refractivity contribution >= 4 is 11.9 Å². The van der Waals surface area contributed by atoms with Crippen LogP contribution in [0.15, 0.2) is 35.4 Å². The molecule has 0 aliphatic carbocycles. The van der Waals surface area contributed by atoms with E-state index in [9.17, 15) is 9.59 Å².